The molecule has 0 unspecified atom stereocenters. The number of piperidine rings is 1. The maximum atomic E-state index is 12.4. The molecule has 3 heterocycles. The fraction of sp³-hybridized carbons (Fsp3) is 0.207. The van der Waals surface area contributed by atoms with Crippen molar-refractivity contribution in [2.45, 2.75) is 25.4 Å². The molecule has 1 fully saturated rings. The van der Waals surface area contributed by atoms with Gasteiger partial charge in [-0.15, -0.1) is 0 Å². The van der Waals surface area contributed by atoms with E-state index in [0.29, 0.717) is 10.9 Å². The van der Waals surface area contributed by atoms with Crippen molar-refractivity contribution in [1.29, 1.82) is 0 Å². The average Bonchev–Trinajstić information content (AvgIpc) is 2.90. The lowest BCUT2D eigenvalue weighted by atomic mass is 9.97. The van der Waals surface area contributed by atoms with Crippen LogP contribution >= 0.6 is 0 Å². The SMILES string of the molecule is C=CC(=O)NC1CCN(Cc2ccc(-c3nc4cc[nH]c(=O)c4cc3-c3ccccc3)cc2)CC1. The lowest BCUT2D eigenvalue weighted by molar-refractivity contribution is -0.117. The molecule has 2 aromatic carbocycles. The number of pyridine rings is 2. The number of nitrogens with one attached hydrogen (secondary N) is 2. The van der Waals surface area contributed by atoms with Gasteiger partial charge in [-0.3, -0.25) is 14.5 Å². The van der Waals surface area contributed by atoms with E-state index in [1.807, 2.05) is 42.5 Å². The minimum Gasteiger partial charge on any atom is -0.350 e. The van der Waals surface area contributed by atoms with Gasteiger partial charge >= 0.3 is 0 Å². The van der Waals surface area contributed by atoms with Crippen LogP contribution in [0, 0.1) is 0 Å². The highest BCUT2D eigenvalue weighted by Gasteiger charge is 2.20. The number of aromatic amines is 1. The van der Waals surface area contributed by atoms with Crippen LogP contribution in [0.2, 0.25) is 0 Å². The lowest BCUT2D eigenvalue weighted by Gasteiger charge is -2.32. The van der Waals surface area contributed by atoms with Crippen LogP contribution in [-0.2, 0) is 11.3 Å². The summed E-state index contributed by atoms with van der Waals surface area (Å²) in [5, 5.41) is 3.58. The summed E-state index contributed by atoms with van der Waals surface area (Å²) in [4.78, 5) is 34.0. The predicted octanol–water partition coefficient (Wildman–Crippen LogP) is 4.52. The van der Waals surface area contributed by atoms with E-state index in [2.05, 4.69) is 46.0 Å². The normalized spacial score (nSPS) is 14.6. The third-order valence-electron chi connectivity index (χ3n) is 6.59. The minimum atomic E-state index is -0.137. The summed E-state index contributed by atoms with van der Waals surface area (Å²) in [5.74, 6) is -0.0965. The van der Waals surface area contributed by atoms with E-state index < -0.39 is 0 Å². The van der Waals surface area contributed by atoms with Crippen LogP contribution in [0.1, 0.15) is 18.4 Å². The molecule has 0 saturated carbocycles. The van der Waals surface area contributed by atoms with E-state index in [-0.39, 0.29) is 17.5 Å². The summed E-state index contributed by atoms with van der Waals surface area (Å²) in [6.07, 6.45) is 4.86. The fourth-order valence-corrected chi connectivity index (χ4v) is 4.69. The summed E-state index contributed by atoms with van der Waals surface area (Å²) >= 11 is 0. The Morgan fingerprint density at radius 3 is 2.51 bits per heavy atom. The van der Waals surface area contributed by atoms with Crippen molar-refractivity contribution in [2.75, 3.05) is 13.1 Å². The number of amides is 1. The van der Waals surface area contributed by atoms with Gasteiger partial charge in [-0.1, -0.05) is 61.2 Å². The molecule has 0 bridgehead atoms. The zero-order valence-electron chi connectivity index (χ0n) is 19.5. The molecule has 6 heteroatoms. The largest absolute Gasteiger partial charge is 0.350 e. The molecule has 5 rings (SSSR count). The maximum absolute atomic E-state index is 12.4. The van der Waals surface area contributed by atoms with Gasteiger partial charge in [0.05, 0.1) is 16.6 Å². The summed E-state index contributed by atoms with van der Waals surface area (Å²) in [5.41, 5.74) is 5.61. The molecule has 4 aromatic rings. The Hall–Kier alpha value is -4.03. The number of carbonyl (C=O) groups is 1. The molecule has 35 heavy (non-hydrogen) atoms. The zero-order chi connectivity index (χ0) is 24.2. The number of carbonyl (C=O) groups excluding carboxylic acids is 1. The minimum absolute atomic E-state index is 0.0965. The highest BCUT2D eigenvalue weighted by molar-refractivity contribution is 5.91. The second kappa shape index (κ2) is 10.1. The highest BCUT2D eigenvalue weighted by atomic mass is 16.1. The molecule has 1 amide bonds. The third-order valence-corrected chi connectivity index (χ3v) is 6.59. The predicted molar refractivity (Wildman–Crippen MR) is 140 cm³/mol. The number of aromatic nitrogens is 2. The van der Waals surface area contributed by atoms with Gasteiger partial charge in [0.1, 0.15) is 0 Å². The van der Waals surface area contributed by atoms with Gasteiger partial charge in [-0.05, 0) is 42.2 Å². The molecule has 176 valence electrons. The molecule has 1 saturated heterocycles. The van der Waals surface area contributed by atoms with Crippen molar-refractivity contribution in [3.8, 4) is 22.4 Å². The van der Waals surface area contributed by atoms with Crippen molar-refractivity contribution < 1.29 is 4.79 Å². The van der Waals surface area contributed by atoms with Crippen LogP contribution in [0.15, 0.2) is 90.4 Å². The molecule has 6 nitrogen and oxygen atoms in total. The van der Waals surface area contributed by atoms with Gasteiger partial charge in [0.2, 0.25) is 5.91 Å². The summed E-state index contributed by atoms with van der Waals surface area (Å²) in [6, 6.07) is 22.6. The second-order valence-corrected chi connectivity index (χ2v) is 8.95. The molecular weight excluding hydrogens is 436 g/mol. The van der Waals surface area contributed by atoms with Crippen molar-refractivity contribution in [2.24, 2.45) is 0 Å². The molecule has 2 N–H and O–H groups in total. The maximum Gasteiger partial charge on any atom is 0.257 e. The number of benzene rings is 2. The first-order chi connectivity index (χ1) is 17.1. The van der Waals surface area contributed by atoms with Gasteiger partial charge in [-0.25, -0.2) is 4.98 Å². The monoisotopic (exact) mass is 464 g/mol. The number of likely N-dealkylation sites (tertiary alicyclic amines) is 1. The zero-order valence-corrected chi connectivity index (χ0v) is 19.5. The molecule has 0 aliphatic carbocycles. The molecule has 0 radical (unpaired) electrons. The highest BCUT2D eigenvalue weighted by Crippen LogP contribution is 2.32. The quantitative estimate of drug-likeness (QED) is 0.411. The van der Waals surface area contributed by atoms with E-state index in [0.717, 1.165) is 54.9 Å². The number of hydrogen-bond acceptors (Lipinski definition) is 4. The van der Waals surface area contributed by atoms with Crippen molar-refractivity contribution in [3.05, 3.63) is 101 Å². The van der Waals surface area contributed by atoms with Crippen molar-refractivity contribution >= 4 is 16.8 Å². The fourth-order valence-electron chi connectivity index (χ4n) is 4.69. The Labute approximate surface area is 204 Å². The number of nitrogens with zero attached hydrogens (tertiary/aromatic N) is 2. The first kappa shape index (κ1) is 22.7. The van der Waals surface area contributed by atoms with Crippen LogP contribution in [0.25, 0.3) is 33.3 Å². The number of rotatable bonds is 6. The van der Waals surface area contributed by atoms with Crippen LogP contribution in [0.4, 0.5) is 0 Å². The summed E-state index contributed by atoms with van der Waals surface area (Å²) in [7, 11) is 0. The lowest BCUT2D eigenvalue weighted by Crippen LogP contribution is -2.43. The van der Waals surface area contributed by atoms with Gasteiger partial charge in [0.15, 0.2) is 0 Å². The van der Waals surface area contributed by atoms with E-state index in [4.69, 9.17) is 4.98 Å². The van der Waals surface area contributed by atoms with E-state index in [1.54, 1.807) is 6.20 Å². The van der Waals surface area contributed by atoms with E-state index in [1.165, 1.54) is 11.6 Å². The van der Waals surface area contributed by atoms with Crippen LogP contribution in [-0.4, -0.2) is 39.9 Å². The third kappa shape index (κ3) is 5.08. The van der Waals surface area contributed by atoms with Gasteiger partial charge < -0.3 is 10.3 Å². The van der Waals surface area contributed by atoms with Gasteiger partial charge in [0, 0.05) is 43.0 Å². The topological polar surface area (TPSA) is 78.1 Å². The second-order valence-electron chi connectivity index (χ2n) is 8.95. The standard InChI is InChI=1S/C29H28N4O2/c1-2-27(34)31-23-13-16-33(17-14-23)19-20-8-10-22(11-9-20)28-24(21-6-4-3-5-7-21)18-25-26(32-28)12-15-30-29(25)35/h2-12,15,18,23H,1,13-14,16-17,19H2,(H,30,35)(H,31,34). The summed E-state index contributed by atoms with van der Waals surface area (Å²) in [6.45, 7) is 6.29. The van der Waals surface area contributed by atoms with Crippen molar-refractivity contribution in [1.82, 2.24) is 20.2 Å². The van der Waals surface area contributed by atoms with Crippen molar-refractivity contribution in [3.63, 3.8) is 0 Å². The molecule has 1 aliphatic rings. The van der Waals surface area contributed by atoms with Crippen LogP contribution in [0.5, 0.6) is 0 Å². The molecule has 0 spiro atoms. The van der Waals surface area contributed by atoms with Gasteiger partial charge in [0.25, 0.3) is 5.56 Å². The number of H-pyrrole nitrogens is 1. The molecule has 0 atom stereocenters. The first-order valence-electron chi connectivity index (χ1n) is 11.9. The number of fused-ring (bicyclic) bond motifs is 1. The Morgan fingerprint density at radius 1 is 1.06 bits per heavy atom. The molecule has 2 aromatic heterocycles. The Morgan fingerprint density at radius 2 is 1.80 bits per heavy atom. The van der Waals surface area contributed by atoms with Crippen LogP contribution in [0.3, 0.4) is 0 Å². The van der Waals surface area contributed by atoms with E-state index in [9.17, 15) is 9.59 Å². The van der Waals surface area contributed by atoms with Crippen LogP contribution < -0.4 is 10.9 Å². The average molecular weight is 465 g/mol. The van der Waals surface area contributed by atoms with E-state index >= 15 is 0 Å². The number of hydrogen-bond donors (Lipinski definition) is 2. The smallest absolute Gasteiger partial charge is 0.257 e. The van der Waals surface area contributed by atoms with Gasteiger partial charge in [-0.2, -0.15) is 0 Å². The Kier molecular flexibility index (Phi) is 6.55. The first-order valence-corrected chi connectivity index (χ1v) is 11.9. The summed E-state index contributed by atoms with van der Waals surface area (Å²) < 4.78 is 0. The Bertz CT molecular complexity index is 1400. The molecular formula is C29H28N4O2. The molecule has 1 aliphatic heterocycles. The Balaban J connectivity index is 1.38.